The van der Waals surface area contributed by atoms with E-state index < -0.39 is 0 Å². The van der Waals surface area contributed by atoms with Gasteiger partial charge in [-0.25, -0.2) is 4.39 Å². The molecule has 136 valence electrons. The van der Waals surface area contributed by atoms with E-state index in [1.165, 1.54) is 12.1 Å². The number of hydrogen-bond donors (Lipinski definition) is 1. The van der Waals surface area contributed by atoms with Crippen molar-refractivity contribution in [1.29, 1.82) is 0 Å². The number of piperidine rings is 1. The molecule has 2 aromatic rings. The summed E-state index contributed by atoms with van der Waals surface area (Å²) in [5.74, 6) is -0.211. The summed E-state index contributed by atoms with van der Waals surface area (Å²) in [7, 11) is 0. The third-order valence-electron chi connectivity index (χ3n) is 5.72. The summed E-state index contributed by atoms with van der Waals surface area (Å²) in [4.78, 5) is 14.8. The zero-order valence-electron chi connectivity index (χ0n) is 14.6. The zero-order valence-corrected chi connectivity index (χ0v) is 15.3. The Bertz CT molecular complexity index is 803. The Morgan fingerprint density at radius 3 is 2.58 bits per heavy atom. The highest BCUT2D eigenvalue weighted by Gasteiger charge is 2.46. The number of benzene rings is 2. The maximum absolute atomic E-state index is 13.2. The fourth-order valence-electron chi connectivity index (χ4n) is 4.20. The molecule has 0 bridgehead atoms. The topological polar surface area (TPSA) is 32.3 Å². The van der Waals surface area contributed by atoms with Gasteiger partial charge in [0, 0.05) is 30.2 Å². The first-order valence-electron chi connectivity index (χ1n) is 9.08. The van der Waals surface area contributed by atoms with E-state index in [9.17, 15) is 9.18 Å². The summed E-state index contributed by atoms with van der Waals surface area (Å²) >= 11 is 6.15. The van der Waals surface area contributed by atoms with Crippen molar-refractivity contribution in [2.24, 2.45) is 0 Å². The number of amides is 1. The highest BCUT2D eigenvalue weighted by molar-refractivity contribution is 6.31. The number of rotatable bonds is 3. The fourth-order valence-corrected chi connectivity index (χ4v) is 4.42. The second-order valence-corrected chi connectivity index (χ2v) is 7.86. The number of nitrogens with one attached hydrogen (secondary N) is 1. The van der Waals surface area contributed by atoms with Crippen LogP contribution in [0.25, 0.3) is 0 Å². The minimum atomic E-state index is -0.308. The van der Waals surface area contributed by atoms with E-state index in [1.54, 1.807) is 6.07 Å². The summed E-state index contributed by atoms with van der Waals surface area (Å²) < 4.78 is 13.2. The average Bonchev–Trinajstić information content (AvgIpc) is 2.96. The first-order chi connectivity index (χ1) is 12.5. The molecule has 5 heteroatoms. The fraction of sp³-hybridized carbons (Fsp3) is 0.381. The molecule has 2 aliphatic heterocycles. The predicted molar refractivity (Wildman–Crippen MR) is 101 cm³/mol. The number of carbonyl (C=O) groups excluding carboxylic acids is 1. The van der Waals surface area contributed by atoms with Crippen LogP contribution in [0.2, 0.25) is 5.02 Å². The lowest BCUT2D eigenvalue weighted by molar-refractivity contribution is -0.121. The average molecular weight is 373 g/mol. The molecule has 2 aromatic carbocycles. The molecule has 0 aromatic heterocycles. The normalized spacial score (nSPS) is 22.5. The SMILES string of the molecule is O=C1NC2(CCN(Cc3ccc(F)cc3Cl)CC2)C[C@H]1c1ccccc1. The monoisotopic (exact) mass is 372 g/mol. The standard InChI is InChI=1S/C21H22ClFN2O/c22-19-12-17(23)7-6-16(19)14-25-10-8-21(9-11-25)13-18(20(26)24-21)15-4-2-1-3-5-15/h1-7,12,18H,8-11,13-14H2,(H,24,26)/t18-/m0/s1. The van der Waals surface area contributed by atoms with Crippen LogP contribution in [0.4, 0.5) is 4.39 Å². The molecule has 1 spiro atoms. The van der Waals surface area contributed by atoms with Crippen LogP contribution < -0.4 is 5.32 Å². The summed E-state index contributed by atoms with van der Waals surface area (Å²) in [6.45, 7) is 2.51. The van der Waals surface area contributed by atoms with Crippen LogP contribution in [-0.4, -0.2) is 29.4 Å². The Morgan fingerprint density at radius 2 is 1.88 bits per heavy atom. The first kappa shape index (κ1) is 17.5. The second kappa shape index (κ2) is 7.01. The van der Waals surface area contributed by atoms with Gasteiger partial charge in [-0.2, -0.15) is 0 Å². The Hall–Kier alpha value is -1.91. The Balaban J connectivity index is 1.40. The summed E-state index contributed by atoms with van der Waals surface area (Å²) in [5, 5.41) is 3.76. The molecular weight excluding hydrogens is 351 g/mol. The summed E-state index contributed by atoms with van der Waals surface area (Å²) in [5.41, 5.74) is 1.95. The van der Waals surface area contributed by atoms with Crippen LogP contribution >= 0.6 is 11.6 Å². The molecule has 0 aliphatic carbocycles. The van der Waals surface area contributed by atoms with Gasteiger partial charge in [-0.15, -0.1) is 0 Å². The quantitative estimate of drug-likeness (QED) is 0.879. The van der Waals surface area contributed by atoms with Crippen LogP contribution in [0, 0.1) is 5.82 Å². The number of hydrogen-bond acceptors (Lipinski definition) is 2. The van der Waals surface area contributed by atoms with Gasteiger partial charge in [0.25, 0.3) is 0 Å². The zero-order chi connectivity index (χ0) is 18.1. The molecule has 26 heavy (non-hydrogen) atoms. The molecule has 0 saturated carbocycles. The van der Waals surface area contributed by atoms with Crippen LogP contribution in [0.3, 0.4) is 0 Å². The Morgan fingerprint density at radius 1 is 1.15 bits per heavy atom. The van der Waals surface area contributed by atoms with Gasteiger partial charge >= 0.3 is 0 Å². The van der Waals surface area contributed by atoms with Crippen molar-refractivity contribution in [2.45, 2.75) is 37.3 Å². The Labute approximate surface area is 158 Å². The minimum Gasteiger partial charge on any atom is -0.350 e. The van der Waals surface area contributed by atoms with Crippen molar-refractivity contribution in [3.8, 4) is 0 Å². The number of likely N-dealkylation sites (tertiary alicyclic amines) is 1. The smallest absolute Gasteiger partial charge is 0.228 e. The minimum absolute atomic E-state index is 0.0470. The summed E-state index contributed by atoms with van der Waals surface area (Å²) in [6.07, 6.45) is 2.72. The molecule has 1 amide bonds. The number of nitrogens with zero attached hydrogens (tertiary/aromatic N) is 1. The van der Waals surface area contributed by atoms with Gasteiger partial charge in [0.15, 0.2) is 0 Å². The van der Waals surface area contributed by atoms with E-state index in [-0.39, 0.29) is 23.2 Å². The van der Waals surface area contributed by atoms with Crippen LogP contribution in [0.5, 0.6) is 0 Å². The first-order valence-corrected chi connectivity index (χ1v) is 9.46. The Kier molecular flexibility index (Phi) is 4.72. The van der Waals surface area contributed by atoms with E-state index in [1.807, 2.05) is 30.3 Å². The van der Waals surface area contributed by atoms with Gasteiger partial charge in [-0.3, -0.25) is 9.69 Å². The lowest BCUT2D eigenvalue weighted by Gasteiger charge is -2.39. The van der Waals surface area contributed by atoms with Gasteiger partial charge in [0.05, 0.1) is 5.92 Å². The third-order valence-corrected chi connectivity index (χ3v) is 6.08. The molecule has 2 heterocycles. The van der Waals surface area contributed by atoms with Gasteiger partial charge in [-0.1, -0.05) is 48.0 Å². The maximum atomic E-state index is 13.2. The summed E-state index contributed by atoms with van der Waals surface area (Å²) in [6, 6.07) is 14.6. The lowest BCUT2D eigenvalue weighted by atomic mass is 9.82. The van der Waals surface area contributed by atoms with Gasteiger partial charge in [0.1, 0.15) is 5.82 Å². The van der Waals surface area contributed by atoms with E-state index >= 15 is 0 Å². The highest BCUT2D eigenvalue weighted by Crippen LogP contribution is 2.39. The predicted octanol–water partition coefficient (Wildman–Crippen LogP) is 4.12. The van der Waals surface area contributed by atoms with E-state index in [0.717, 1.165) is 43.5 Å². The van der Waals surface area contributed by atoms with Crippen molar-refractivity contribution in [3.05, 3.63) is 70.5 Å². The van der Waals surface area contributed by atoms with Crippen LogP contribution in [-0.2, 0) is 11.3 Å². The van der Waals surface area contributed by atoms with E-state index in [0.29, 0.717) is 11.6 Å². The van der Waals surface area contributed by atoms with Crippen molar-refractivity contribution in [1.82, 2.24) is 10.2 Å². The van der Waals surface area contributed by atoms with Gasteiger partial charge in [0.2, 0.25) is 5.91 Å². The molecule has 0 radical (unpaired) electrons. The molecule has 2 aliphatic rings. The molecular formula is C21H22ClFN2O. The van der Waals surface area contributed by atoms with Crippen molar-refractivity contribution in [2.75, 3.05) is 13.1 Å². The molecule has 0 unspecified atom stereocenters. The maximum Gasteiger partial charge on any atom is 0.228 e. The van der Waals surface area contributed by atoms with Crippen molar-refractivity contribution >= 4 is 17.5 Å². The van der Waals surface area contributed by atoms with E-state index in [4.69, 9.17) is 11.6 Å². The molecule has 1 N–H and O–H groups in total. The molecule has 2 saturated heterocycles. The molecule has 4 rings (SSSR count). The second-order valence-electron chi connectivity index (χ2n) is 7.45. The van der Waals surface area contributed by atoms with Crippen LogP contribution in [0.1, 0.15) is 36.3 Å². The molecule has 2 fully saturated rings. The van der Waals surface area contributed by atoms with Gasteiger partial charge in [-0.05, 0) is 42.5 Å². The highest BCUT2D eigenvalue weighted by atomic mass is 35.5. The van der Waals surface area contributed by atoms with Crippen molar-refractivity contribution in [3.63, 3.8) is 0 Å². The molecule has 3 nitrogen and oxygen atoms in total. The lowest BCUT2D eigenvalue weighted by Crippen LogP contribution is -2.50. The van der Waals surface area contributed by atoms with E-state index in [2.05, 4.69) is 10.2 Å². The largest absolute Gasteiger partial charge is 0.350 e. The third kappa shape index (κ3) is 3.49. The van der Waals surface area contributed by atoms with Crippen LogP contribution in [0.15, 0.2) is 48.5 Å². The number of carbonyl (C=O) groups is 1. The number of halogens is 2. The van der Waals surface area contributed by atoms with Crippen molar-refractivity contribution < 1.29 is 9.18 Å². The van der Waals surface area contributed by atoms with Gasteiger partial charge < -0.3 is 5.32 Å². The molecule has 1 atom stereocenters.